The predicted molar refractivity (Wildman–Crippen MR) is 136 cm³/mol. The fourth-order valence-corrected chi connectivity index (χ4v) is 4.62. The standard InChI is InChI=1S/C27H22F3N7O2/c1-36-13-21(27(28,29)30)35-25(36)17-5-3-15(4-6-17)12-37-20-9-18(31-10-19(20)32-11-22(37)38)23-24(16-7-8-16)33-14-34-26(23)39-2/h3-6,9-11,13-14,16H,7-8,12H2,1-2H3. The van der Waals surface area contributed by atoms with E-state index in [0.29, 0.717) is 39.7 Å². The maximum absolute atomic E-state index is 13.1. The molecule has 9 nitrogen and oxygen atoms in total. The van der Waals surface area contributed by atoms with Gasteiger partial charge in [0.2, 0.25) is 5.88 Å². The van der Waals surface area contributed by atoms with E-state index in [4.69, 9.17) is 4.74 Å². The average molecular weight is 534 g/mol. The molecular weight excluding hydrogens is 511 g/mol. The van der Waals surface area contributed by atoms with Gasteiger partial charge in [0.1, 0.15) is 17.7 Å². The van der Waals surface area contributed by atoms with E-state index < -0.39 is 11.9 Å². The zero-order chi connectivity index (χ0) is 27.3. The highest BCUT2D eigenvalue weighted by atomic mass is 19.4. The van der Waals surface area contributed by atoms with Crippen molar-refractivity contribution in [1.29, 1.82) is 0 Å². The summed E-state index contributed by atoms with van der Waals surface area (Å²) >= 11 is 0. The van der Waals surface area contributed by atoms with E-state index in [1.165, 1.54) is 24.1 Å². The Morgan fingerprint density at radius 1 is 1.05 bits per heavy atom. The first-order valence-corrected chi connectivity index (χ1v) is 12.2. The minimum Gasteiger partial charge on any atom is -0.480 e. The Balaban J connectivity index is 1.38. The van der Waals surface area contributed by atoms with Gasteiger partial charge < -0.3 is 13.9 Å². The molecule has 12 heteroatoms. The monoisotopic (exact) mass is 533 g/mol. The molecule has 0 saturated heterocycles. The maximum Gasteiger partial charge on any atom is 0.434 e. The second-order valence-corrected chi connectivity index (χ2v) is 9.41. The minimum absolute atomic E-state index is 0.196. The van der Waals surface area contributed by atoms with Crippen molar-refractivity contribution in [2.75, 3.05) is 7.11 Å². The maximum atomic E-state index is 13.1. The lowest BCUT2D eigenvalue weighted by Gasteiger charge is -2.14. The fraction of sp³-hybridized carbons (Fsp3) is 0.259. The number of nitrogens with zero attached hydrogens (tertiary/aromatic N) is 7. The number of aryl methyl sites for hydroxylation is 1. The van der Waals surface area contributed by atoms with Gasteiger partial charge in [0.15, 0.2) is 5.69 Å². The van der Waals surface area contributed by atoms with Crippen molar-refractivity contribution in [2.45, 2.75) is 31.5 Å². The molecule has 4 aromatic heterocycles. The van der Waals surface area contributed by atoms with Crippen LogP contribution in [0.3, 0.4) is 0 Å². The highest BCUT2D eigenvalue weighted by Crippen LogP contribution is 2.45. The lowest BCUT2D eigenvalue weighted by atomic mass is 10.1. The molecule has 0 unspecified atom stereocenters. The van der Waals surface area contributed by atoms with Gasteiger partial charge in [0.05, 0.1) is 48.5 Å². The third kappa shape index (κ3) is 4.62. The van der Waals surface area contributed by atoms with Crippen LogP contribution in [0.4, 0.5) is 13.2 Å². The number of imidazole rings is 1. The van der Waals surface area contributed by atoms with E-state index in [0.717, 1.165) is 30.3 Å². The molecule has 1 aliphatic carbocycles. The molecule has 4 heterocycles. The number of ether oxygens (including phenoxy) is 1. The molecule has 5 aromatic rings. The lowest BCUT2D eigenvalue weighted by molar-refractivity contribution is -0.140. The normalized spacial score (nSPS) is 13.7. The molecule has 6 rings (SSSR count). The number of hydrogen-bond acceptors (Lipinski definition) is 7. The Morgan fingerprint density at radius 3 is 2.49 bits per heavy atom. The number of fused-ring (bicyclic) bond motifs is 1. The Kier molecular flexibility index (Phi) is 5.89. The predicted octanol–water partition coefficient (Wildman–Crippen LogP) is 4.60. The number of rotatable bonds is 6. The summed E-state index contributed by atoms with van der Waals surface area (Å²) in [5, 5.41) is 0. The number of hydrogen-bond donors (Lipinski definition) is 0. The zero-order valence-electron chi connectivity index (χ0n) is 21.0. The highest BCUT2D eigenvalue weighted by molar-refractivity contribution is 5.81. The molecule has 39 heavy (non-hydrogen) atoms. The van der Waals surface area contributed by atoms with Gasteiger partial charge in [0, 0.05) is 24.7 Å². The molecule has 0 amide bonds. The zero-order valence-corrected chi connectivity index (χ0v) is 21.0. The average Bonchev–Trinajstić information content (AvgIpc) is 3.70. The Morgan fingerprint density at radius 2 is 1.82 bits per heavy atom. The van der Waals surface area contributed by atoms with Gasteiger partial charge in [-0.3, -0.25) is 9.78 Å². The van der Waals surface area contributed by atoms with Gasteiger partial charge in [-0.1, -0.05) is 24.3 Å². The molecule has 0 aliphatic heterocycles. The van der Waals surface area contributed by atoms with Gasteiger partial charge in [-0.05, 0) is 24.5 Å². The molecule has 0 spiro atoms. The topological polar surface area (TPSA) is 101 Å². The summed E-state index contributed by atoms with van der Waals surface area (Å²) in [6.45, 7) is 0.216. The second kappa shape index (κ2) is 9.29. The highest BCUT2D eigenvalue weighted by Gasteiger charge is 2.34. The summed E-state index contributed by atoms with van der Waals surface area (Å²) in [6.07, 6.45) is 2.81. The largest absolute Gasteiger partial charge is 0.480 e. The first kappa shape index (κ1) is 24.7. The van der Waals surface area contributed by atoms with Crippen LogP contribution in [-0.2, 0) is 19.8 Å². The number of methoxy groups -OCH3 is 1. The molecule has 1 aromatic carbocycles. The summed E-state index contributed by atoms with van der Waals surface area (Å²) < 4.78 is 47.7. The molecule has 0 N–H and O–H groups in total. The van der Waals surface area contributed by atoms with Crippen LogP contribution >= 0.6 is 0 Å². The molecule has 0 radical (unpaired) electrons. The summed E-state index contributed by atoms with van der Waals surface area (Å²) in [6, 6.07) is 8.69. The number of benzene rings is 1. The third-order valence-corrected chi connectivity index (χ3v) is 6.71. The fourth-order valence-electron chi connectivity index (χ4n) is 4.62. The van der Waals surface area contributed by atoms with Crippen molar-refractivity contribution in [3.63, 3.8) is 0 Å². The van der Waals surface area contributed by atoms with Gasteiger partial charge in [-0.15, -0.1) is 0 Å². The van der Waals surface area contributed by atoms with E-state index >= 15 is 0 Å². The SMILES string of the molecule is COc1ncnc(C2CC2)c1-c1cc2c(cn1)ncc(=O)n2Cc1ccc(-c2nc(C(F)(F)F)cn2C)cc1. The van der Waals surface area contributed by atoms with Gasteiger partial charge in [0.25, 0.3) is 5.56 Å². The van der Waals surface area contributed by atoms with Crippen LogP contribution in [0.15, 0.2) is 60.0 Å². The third-order valence-electron chi connectivity index (χ3n) is 6.71. The van der Waals surface area contributed by atoms with Crippen LogP contribution in [-0.4, -0.2) is 41.2 Å². The van der Waals surface area contributed by atoms with E-state index in [1.807, 2.05) is 0 Å². The van der Waals surface area contributed by atoms with Crippen molar-refractivity contribution in [2.24, 2.45) is 7.05 Å². The molecule has 0 bridgehead atoms. The van der Waals surface area contributed by atoms with Crippen molar-refractivity contribution in [3.8, 4) is 28.5 Å². The van der Waals surface area contributed by atoms with Crippen LogP contribution < -0.4 is 10.3 Å². The van der Waals surface area contributed by atoms with Gasteiger partial charge in [-0.25, -0.2) is 19.9 Å². The Labute approximate surface area is 220 Å². The molecule has 1 aliphatic rings. The lowest BCUT2D eigenvalue weighted by Crippen LogP contribution is -2.21. The first-order valence-electron chi connectivity index (χ1n) is 12.2. The van der Waals surface area contributed by atoms with Crippen LogP contribution in [0.5, 0.6) is 5.88 Å². The van der Waals surface area contributed by atoms with Gasteiger partial charge in [-0.2, -0.15) is 13.2 Å². The molecule has 198 valence electrons. The van der Waals surface area contributed by atoms with Crippen molar-refractivity contribution < 1.29 is 17.9 Å². The smallest absolute Gasteiger partial charge is 0.434 e. The summed E-state index contributed by atoms with van der Waals surface area (Å²) in [4.78, 5) is 34.3. The van der Waals surface area contributed by atoms with Crippen molar-refractivity contribution in [3.05, 3.63) is 82.6 Å². The number of halogens is 3. The van der Waals surface area contributed by atoms with E-state index in [1.54, 1.807) is 48.2 Å². The van der Waals surface area contributed by atoms with E-state index in [-0.39, 0.29) is 17.9 Å². The Hall–Kier alpha value is -4.61. The quantitative estimate of drug-likeness (QED) is 0.314. The van der Waals surface area contributed by atoms with E-state index in [2.05, 4.69) is 24.9 Å². The van der Waals surface area contributed by atoms with Gasteiger partial charge >= 0.3 is 6.18 Å². The van der Waals surface area contributed by atoms with Crippen LogP contribution in [0, 0.1) is 0 Å². The number of aromatic nitrogens is 7. The summed E-state index contributed by atoms with van der Waals surface area (Å²) in [7, 11) is 3.06. The first-order chi connectivity index (χ1) is 18.7. The Bertz CT molecular complexity index is 1760. The number of alkyl halides is 3. The van der Waals surface area contributed by atoms with Crippen molar-refractivity contribution in [1.82, 2.24) is 34.1 Å². The van der Waals surface area contributed by atoms with Crippen LogP contribution in [0.1, 0.15) is 35.7 Å². The molecular formula is C27H22F3N7O2. The second-order valence-electron chi connectivity index (χ2n) is 9.41. The summed E-state index contributed by atoms with van der Waals surface area (Å²) in [5.74, 6) is 0.923. The molecule has 0 atom stereocenters. The molecule has 1 fully saturated rings. The number of pyridine rings is 1. The van der Waals surface area contributed by atoms with Crippen molar-refractivity contribution >= 4 is 11.0 Å². The minimum atomic E-state index is -4.53. The molecule has 1 saturated carbocycles. The summed E-state index contributed by atoms with van der Waals surface area (Å²) in [5.41, 5.74) is 3.29. The van der Waals surface area contributed by atoms with Crippen LogP contribution in [0.2, 0.25) is 0 Å². The van der Waals surface area contributed by atoms with E-state index in [9.17, 15) is 18.0 Å². The van der Waals surface area contributed by atoms with Crippen LogP contribution in [0.25, 0.3) is 33.7 Å².